The summed E-state index contributed by atoms with van der Waals surface area (Å²) in [7, 11) is -4.84. The van der Waals surface area contributed by atoms with Crippen LogP contribution >= 0.6 is 11.8 Å². The maximum atomic E-state index is 13.3. The van der Waals surface area contributed by atoms with Crippen LogP contribution in [0.25, 0.3) is 0 Å². The second-order valence-electron chi connectivity index (χ2n) is 12.5. The zero-order chi connectivity index (χ0) is 27.6. The van der Waals surface area contributed by atoms with Crippen molar-refractivity contribution in [2.24, 2.45) is 5.92 Å². The van der Waals surface area contributed by atoms with Crippen LogP contribution in [0.15, 0.2) is 60.7 Å². The van der Waals surface area contributed by atoms with Crippen LogP contribution < -0.4 is 15.7 Å². The smallest absolute Gasteiger partial charge is 0.261 e. The van der Waals surface area contributed by atoms with Crippen LogP contribution in [0.5, 0.6) is 0 Å². The van der Waals surface area contributed by atoms with Crippen molar-refractivity contribution in [2.45, 2.75) is 83.1 Å². The fourth-order valence-electron chi connectivity index (χ4n) is 4.75. The molecule has 8 heteroatoms. The number of carbonyl (C=O) groups is 2. The molecule has 3 rings (SSSR count). The molecule has 0 spiro atoms. The molecular formula is C29H43NO4SSi2. The Hall–Kier alpha value is -1.72. The topological polar surface area (TPSA) is 64.6 Å². The van der Waals surface area contributed by atoms with E-state index in [-0.39, 0.29) is 45.1 Å². The Morgan fingerprint density at radius 3 is 1.81 bits per heavy atom. The molecule has 0 radical (unpaired) electrons. The van der Waals surface area contributed by atoms with Gasteiger partial charge in [-0.05, 0) is 40.5 Å². The van der Waals surface area contributed by atoms with Gasteiger partial charge in [-0.15, -0.1) is 0 Å². The van der Waals surface area contributed by atoms with Crippen LogP contribution in [0.2, 0.25) is 23.2 Å². The molecule has 1 aliphatic rings. The number of rotatable bonds is 9. The lowest BCUT2D eigenvalue weighted by Crippen LogP contribution is -2.67. The fourth-order valence-corrected chi connectivity index (χ4v) is 11.9. The molecule has 0 unspecified atom stereocenters. The lowest BCUT2D eigenvalue weighted by molar-refractivity contribution is -0.136. The number of benzene rings is 2. The van der Waals surface area contributed by atoms with E-state index in [1.54, 1.807) is 0 Å². The van der Waals surface area contributed by atoms with Gasteiger partial charge in [-0.25, -0.2) is 0 Å². The van der Waals surface area contributed by atoms with Crippen LogP contribution in [-0.4, -0.2) is 45.7 Å². The second-order valence-corrected chi connectivity index (χ2v) is 22.7. The van der Waals surface area contributed by atoms with Crippen LogP contribution in [0, 0.1) is 5.92 Å². The van der Waals surface area contributed by atoms with Gasteiger partial charge in [0.25, 0.3) is 8.32 Å². The van der Waals surface area contributed by atoms with Crippen molar-refractivity contribution in [2.75, 3.05) is 6.61 Å². The van der Waals surface area contributed by atoms with E-state index < -0.39 is 16.6 Å². The summed E-state index contributed by atoms with van der Waals surface area (Å²) in [4.78, 5) is 25.8. The molecular weight excluding hydrogens is 515 g/mol. The third-order valence-electron chi connectivity index (χ3n) is 7.79. The Bertz CT molecular complexity index is 1040. The molecule has 0 bridgehead atoms. The molecule has 1 N–H and O–H groups in total. The van der Waals surface area contributed by atoms with Gasteiger partial charge >= 0.3 is 0 Å². The summed E-state index contributed by atoms with van der Waals surface area (Å²) < 4.78 is 13.3. The van der Waals surface area contributed by atoms with E-state index in [4.69, 9.17) is 8.85 Å². The summed E-state index contributed by atoms with van der Waals surface area (Å²) in [6.07, 6.45) is -0.252. The maximum Gasteiger partial charge on any atom is 0.261 e. The monoisotopic (exact) mass is 557 g/mol. The van der Waals surface area contributed by atoms with Crippen molar-refractivity contribution in [3.63, 3.8) is 0 Å². The van der Waals surface area contributed by atoms with Crippen molar-refractivity contribution in [3.05, 3.63) is 60.7 Å². The summed E-state index contributed by atoms with van der Waals surface area (Å²) in [5.41, 5.74) is 0. The second kappa shape index (κ2) is 11.2. The van der Waals surface area contributed by atoms with E-state index in [1.807, 2.05) is 43.3 Å². The molecule has 1 fully saturated rings. The lowest BCUT2D eigenvalue weighted by Gasteiger charge is -2.45. The molecule has 5 nitrogen and oxygen atoms in total. The SMILES string of the molecule is C[C@@H](O[Si](C)(C)C(C)(C)C)[C@H]1C(=O)N[C@@H]1SC(=O)CO[Si](c1ccccc1)(c1ccccc1)C(C)(C)C. The normalized spacial score (nSPS) is 19.6. The fraction of sp³-hybridized carbons (Fsp3) is 0.517. The summed E-state index contributed by atoms with van der Waals surface area (Å²) >= 11 is 1.16. The first-order chi connectivity index (χ1) is 17.1. The minimum absolute atomic E-state index is 0.0193. The number of nitrogens with one attached hydrogen (secondary N) is 1. The number of thioether (sulfide) groups is 1. The van der Waals surface area contributed by atoms with E-state index in [1.165, 1.54) is 0 Å². The molecule has 2 aromatic carbocycles. The van der Waals surface area contributed by atoms with E-state index in [9.17, 15) is 9.59 Å². The van der Waals surface area contributed by atoms with E-state index in [2.05, 4.69) is 84.2 Å². The Balaban J connectivity index is 1.78. The van der Waals surface area contributed by atoms with E-state index >= 15 is 0 Å². The van der Waals surface area contributed by atoms with Gasteiger partial charge in [-0.1, -0.05) is 114 Å². The number of amides is 1. The molecule has 0 aromatic heterocycles. The zero-order valence-electron chi connectivity index (χ0n) is 23.8. The Morgan fingerprint density at radius 2 is 1.41 bits per heavy atom. The minimum atomic E-state index is -2.80. The van der Waals surface area contributed by atoms with Crippen LogP contribution in [0.1, 0.15) is 48.5 Å². The first kappa shape index (κ1) is 29.8. The first-order valence-corrected chi connectivity index (χ1v) is 18.7. The van der Waals surface area contributed by atoms with Crippen LogP contribution in [0.4, 0.5) is 0 Å². The molecule has 1 aliphatic heterocycles. The molecule has 37 heavy (non-hydrogen) atoms. The number of β-lactam (4-membered cyclic amide) rings is 1. The molecule has 3 atom stereocenters. The van der Waals surface area contributed by atoms with Gasteiger partial charge in [0, 0.05) is 0 Å². The van der Waals surface area contributed by atoms with E-state index in [0.29, 0.717) is 0 Å². The number of hydrogen-bond donors (Lipinski definition) is 1. The first-order valence-electron chi connectivity index (χ1n) is 13.0. The standard InChI is InChI=1S/C29H43NO4SSi2/c1-21(34-36(8,9)28(2,3)4)25-26(32)30-27(25)35-24(31)20-33-37(29(5,6)7,22-16-12-10-13-17-22)23-18-14-11-15-19-23/h10-19,21,25,27H,20H2,1-9H3,(H,30,32)/t21-,25+,27-/m1/s1. The maximum absolute atomic E-state index is 13.3. The Morgan fingerprint density at radius 1 is 0.919 bits per heavy atom. The lowest BCUT2D eigenvalue weighted by atomic mass is 9.96. The Kier molecular flexibility index (Phi) is 9.02. The molecule has 1 saturated heterocycles. The van der Waals surface area contributed by atoms with Gasteiger partial charge in [0.2, 0.25) is 11.0 Å². The number of carbonyl (C=O) groups excluding carboxylic acids is 2. The molecule has 0 saturated carbocycles. The van der Waals surface area contributed by atoms with E-state index in [0.717, 1.165) is 22.1 Å². The highest BCUT2D eigenvalue weighted by Crippen LogP contribution is 2.41. The van der Waals surface area contributed by atoms with Gasteiger partial charge in [-0.2, -0.15) is 0 Å². The molecule has 202 valence electrons. The summed E-state index contributed by atoms with van der Waals surface area (Å²) in [6.45, 7) is 19.4. The van der Waals surface area contributed by atoms with Crippen molar-refractivity contribution in [3.8, 4) is 0 Å². The van der Waals surface area contributed by atoms with Gasteiger partial charge in [0.15, 0.2) is 8.32 Å². The average molecular weight is 558 g/mol. The van der Waals surface area contributed by atoms with Crippen molar-refractivity contribution >= 4 is 49.8 Å². The van der Waals surface area contributed by atoms with Crippen molar-refractivity contribution < 1.29 is 18.4 Å². The summed E-state index contributed by atoms with van der Waals surface area (Å²) in [6, 6.07) is 20.6. The molecule has 2 aromatic rings. The highest BCUT2D eigenvalue weighted by Gasteiger charge is 2.51. The van der Waals surface area contributed by atoms with Crippen molar-refractivity contribution in [1.82, 2.24) is 5.32 Å². The van der Waals surface area contributed by atoms with Crippen molar-refractivity contribution in [1.29, 1.82) is 0 Å². The quantitative estimate of drug-likeness (QED) is 0.335. The highest BCUT2D eigenvalue weighted by atomic mass is 32.2. The minimum Gasteiger partial charge on any atom is -0.413 e. The average Bonchev–Trinajstić information content (AvgIpc) is 2.78. The Labute approximate surface area is 229 Å². The van der Waals surface area contributed by atoms with Gasteiger partial charge in [0.05, 0.1) is 17.4 Å². The van der Waals surface area contributed by atoms with Crippen LogP contribution in [0.3, 0.4) is 0 Å². The molecule has 0 aliphatic carbocycles. The molecule has 1 amide bonds. The zero-order valence-corrected chi connectivity index (χ0v) is 26.6. The van der Waals surface area contributed by atoms with Crippen LogP contribution in [-0.2, 0) is 18.4 Å². The highest BCUT2D eigenvalue weighted by molar-refractivity contribution is 8.14. The van der Waals surface area contributed by atoms with Gasteiger partial charge in [0.1, 0.15) is 6.61 Å². The summed E-state index contributed by atoms with van der Waals surface area (Å²) in [5.74, 6) is -0.402. The van der Waals surface area contributed by atoms with Gasteiger partial charge in [-0.3, -0.25) is 9.59 Å². The summed E-state index contributed by atoms with van der Waals surface area (Å²) in [5, 5.41) is 4.64. The molecule has 1 heterocycles. The third-order valence-corrected chi connectivity index (χ3v) is 18.4. The predicted octanol–water partition coefficient (Wildman–Crippen LogP) is 5.31. The van der Waals surface area contributed by atoms with Gasteiger partial charge < -0.3 is 14.2 Å². The third kappa shape index (κ3) is 6.30. The largest absolute Gasteiger partial charge is 0.413 e. The number of hydrogen-bond acceptors (Lipinski definition) is 5. The predicted molar refractivity (Wildman–Crippen MR) is 159 cm³/mol.